The van der Waals surface area contributed by atoms with E-state index in [0.29, 0.717) is 6.42 Å². The first kappa shape index (κ1) is 20.7. The number of aryl methyl sites for hydroxylation is 1. The number of nitrogens with one attached hydrogen (secondary N) is 2. The molecule has 0 radical (unpaired) electrons. The van der Waals surface area contributed by atoms with Gasteiger partial charge in [-0.3, -0.25) is 4.79 Å². The largest absolute Gasteiger partial charge is 0.370 e. The molecule has 0 aliphatic heterocycles. The average Bonchev–Trinajstić information content (AvgIpc) is 3.18. The number of aromatic amines is 1. The minimum absolute atomic E-state index is 0.0300. The number of anilines is 2. The van der Waals surface area contributed by atoms with E-state index >= 15 is 0 Å². The Hall–Kier alpha value is -3.60. The van der Waals surface area contributed by atoms with E-state index < -0.39 is 0 Å². The predicted octanol–water partition coefficient (Wildman–Crippen LogP) is 5.57. The number of H-pyrrole nitrogens is 1. The quantitative estimate of drug-likeness (QED) is 0.417. The molecule has 1 amide bonds. The molecule has 0 saturated heterocycles. The topological polar surface area (TPSA) is 61.0 Å². The SMILES string of the molecule is CCN(CC)c1cc2nc(-c3ccccc3C)[nH]c2cc1NC(=O)Cc1ccccc1. The van der Waals surface area contributed by atoms with Crippen molar-refractivity contribution in [3.63, 3.8) is 0 Å². The Balaban J connectivity index is 1.72. The predicted molar refractivity (Wildman–Crippen MR) is 129 cm³/mol. The van der Waals surface area contributed by atoms with Crippen molar-refractivity contribution in [3.8, 4) is 11.4 Å². The summed E-state index contributed by atoms with van der Waals surface area (Å²) in [4.78, 5) is 23.3. The van der Waals surface area contributed by atoms with Gasteiger partial charge in [0, 0.05) is 18.7 Å². The first-order valence-electron chi connectivity index (χ1n) is 10.8. The normalized spacial score (nSPS) is 10.9. The molecule has 3 aromatic carbocycles. The third-order valence-electron chi connectivity index (χ3n) is 5.59. The molecule has 158 valence electrons. The van der Waals surface area contributed by atoms with Crippen LogP contribution in [0.4, 0.5) is 11.4 Å². The number of rotatable bonds is 7. The minimum Gasteiger partial charge on any atom is -0.370 e. The zero-order valence-electron chi connectivity index (χ0n) is 18.3. The molecule has 5 heteroatoms. The monoisotopic (exact) mass is 412 g/mol. The molecule has 0 spiro atoms. The molecule has 0 atom stereocenters. The van der Waals surface area contributed by atoms with Crippen molar-refractivity contribution in [1.29, 1.82) is 0 Å². The number of hydrogen-bond acceptors (Lipinski definition) is 3. The molecule has 0 unspecified atom stereocenters. The maximum atomic E-state index is 12.8. The Bertz CT molecular complexity index is 1190. The number of aromatic nitrogens is 2. The van der Waals surface area contributed by atoms with Crippen LogP contribution in [0.2, 0.25) is 0 Å². The average molecular weight is 413 g/mol. The van der Waals surface area contributed by atoms with Crippen molar-refractivity contribution in [2.24, 2.45) is 0 Å². The number of hydrogen-bond donors (Lipinski definition) is 2. The van der Waals surface area contributed by atoms with E-state index in [2.05, 4.69) is 54.2 Å². The van der Waals surface area contributed by atoms with Crippen LogP contribution in [0.3, 0.4) is 0 Å². The molecule has 0 bridgehead atoms. The van der Waals surface area contributed by atoms with E-state index in [0.717, 1.165) is 52.4 Å². The van der Waals surface area contributed by atoms with E-state index in [9.17, 15) is 4.79 Å². The van der Waals surface area contributed by atoms with Crippen molar-refractivity contribution in [3.05, 3.63) is 77.9 Å². The maximum Gasteiger partial charge on any atom is 0.228 e. The highest BCUT2D eigenvalue weighted by atomic mass is 16.1. The van der Waals surface area contributed by atoms with Gasteiger partial charge in [0.05, 0.1) is 28.8 Å². The van der Waals surface area contributed by atoms with Crippen molar-refractivity contribution >= 4 is 28.3 Å². The summed E-state index contributed by atoms with van der Waals surface area (Å²) in [6.07, 6.45) is 0.341. The Morgan fingerprint density at radius 2 is 1.71 bits per heavy atom. The van der Waals surface area contributed by atoms with Gasteiger partial charge in [-0.2, -0.15) is 0 Å². The summed E-state index contributed by atoms with van der Waals surface area (Å²) in [6, 6.07) is 22.1. The van der Waals surface area contributed by atoms with Crippen molar-refractivity contribution in [2.45, 2.75) is 27.2 Å². The lowest BCUT2D eigenvalue weighted by Gasteiger charge is -2.24. The van der Waals surface area contributed by atoms with E-state index in [-0.39, 0.29) is 5.91 Å². The molecular formula is C26H28N4O. The fourth-order valence-electron chi connectivity index (χ4n) is 3.91. The van der Waals surface area contributed by atoms with Gasteiger partial charge < -0.3 is 15.2 Å². The number of benzene rings is 3. The molecule has 0 aliphatic rings. The van der Waals surface area contributed by atoms with E-state index in [4.69, 9.17) is 4.98 Å². The smallest absolute Gasteiger partial charge is 0.228 e. The molecule has 1 aromatic heterocycles. The van der Waals surface area contributed by atoms with Gasteiger partial charge in [0.15, 0.2) is 0 Å². The first-order chi connectivity index (χ1) is 15.1. The molecule has 0 saturated carbocycles. The third kappa shape index (κ3) is 4.45. The highest BCUT2D eigenvalue weighted by molar-refractivity contribution is 5.99. The summed E-state index contributed by atoms with van der Waals surface area (Å²) in [5.41, 5.74) is 6.83. The Morgan fingerprint density at radius 1 is 1.00 bits per heavy atom. The van der Waals surface area contributed by atoms with Gasteiger partial charge in [-0.05, 0) is 44.0 Å². The van der Waals surface area contributed by atoms with Crippen LogP contribution in [0.1, 0.15) is 25.0 Å². The lowest BCUT2D eigenvalue weighted by Crippen LogP contribution is -2.24. The summed E-state index contributed by atoms with van der Waals surface area (Å²) >= 11 is 0. The van der Waals surface area contributed by atoms with E-state index in [1.165, 1.54) is 5.56 Å². The second-order valence-corrected chi connectivity index (χ2v) is 7.67. The van der Waals surface area contributed by atoms with E-state index in [1.54, 1.807) is 0 Å². The molecular weight excluding hydrogens is 384 g/mol. The summed E-state index contributed by atoms with van der Waals surface area (Å²) in [5, 5.41) is 3.13. The van der Waals surface area contributed by atoms with Gasteiger partial charge in [0.25, 0.3) is 0 Å². The maximum absolute atomic E-state index is 12.8. The fraction of sp³-hybridized carbons (Fsp3) is 0.231. The molecule has 1 heterocycles. The van der Waals surface area contributed by atoms with E-state index in [1.807, 2.05) is 48.5 Å². The third-order valence-corrected chi connectivity index (χ3v) is 5.59. The lowest BCUT2D eigenvalue weighted by molar-refractivity contribution is -0.115. The van der Waals surface area contributed by atoms with Crippen molar-refractivity contribution in [2.75, 3.05) is 23.3 Å². The zero-order valence-corrected chi connectivity index (χ0v) is 18.3. The molecule has 4 rings (SSSR count). The van der Waals surface area contributed by atoms with Crippen LogP contribution < -0.4 is 10.2 Å². The van der Waals surface area contributed by atoms with Crippen LogP contribution in [0, 0.1) is 6.92 Å². The molecule has 5 nitrogen and oxygen atoms in total. The van der Waals surface area contributed by atoms with Gasteiger partial charge in [0.2, 0.25) is 5.91 Å². The van der Waals surface area contributed by atoms with Crippen molar-refractivity contribution in [1.82, 2.24) is 9.97 Å². The molecule has 4 aromatic rings. The van der Waals surface area contributed by atoms with Crippen LogP contribution in [0.25, 0.3) is 22.4 Å². The summed E-state index contributed by atoms with van der Waals surface area (Å²) in [7, 11) is 0. The van der Waals surface area contributed by atoms with Crippen LogP contribution in [-0.2, 0) is 11.2 Å². The minimum atomic E-state index is -0.0300. The summed E-state index contributed by atoms with van der Waals surface area (Å²) < 4.78 is 0. The Labute approximate surface area is 183 Å². The summed E-state index contributed by atoms with van der Waals surface area (Å²) in [6.45, 7) is 8.01. The van der Waals surface area contributed by atoms with Crippen LogP contribution in [0.5, 0.6) is 0 Å². The van der Waals surface area contributed by atoms with Gasteiger partial charge in [-0.25, -0.2) is 4.98 Å². The number of imidazole rings is 1. The van der Waals surface area contributed by atoms with Crippen LogP contribution >= 0.6 is 0 Å². The first-order valence-corrected chi connectivity index (χ1v) is 10.8. The van der Waals surface area contributed by atoms with Gasteiger partial charge in [-0.15, -0.1) is 0 Å². The Kier molecular flexibility index (Phi) is 6.03. The summed E-state index contributed by atoms with van der Waals surface area (Å²) in [5.74, 6) is 0.809. The molecule has 0 aliphatic carbocycles. The number of fused-ring (bicyclic) bond motifs is 1. The second kappa shape index (κ2) is 9.04. The molecule has 31 heavy (non-hydrogen) atoms. The highest BCUT2D eigenvalue weighted by Gasteiger charge is 2.16. The Morgan fingerprint density at radius 3 is 2.42 bits per heavy atom. The zero-order chi connectivity index (χ0) is 21.8. The fourth-order valence-corrected chi connectivity index (χ4v) is 3.91. The second-order valence-electron chi connectivity index (χ2n) is 7.67. The van der Waals surface area contributed by atoms with Crippen LogP contribution in [-0.4, -0.2) is 29.0 Å². The number of carbonyl (C=O) groups is 1. The number of carbonyl (C=O) groups excluding carboxylic acids is 1. The van der Waals surface area contributed by atoms with Crippen molar-refractivity contribution < 1.29 is 4.79 Å². The number of nitrogens with zero attached hydrogens (tertiary/aromatic N) is 2. The van der Waals surface area contributed by atoms with Gasteiger partial charge in [0.1, 0.15) is 5.82 Å². The molecule has 2 N–H and O–H groups in total. The van der Waals surface area contributed by atoms with Crippen LogP contribution in [0.15, 0.2) is 66.7 Å². The lowest BCUT2D eigenvalue weighted by atomic mass is 10.1. The molecule has 0 fully saturated rings. The highest BCUT2D eigenvalue weighted by Crippen LogP contribution is 2.33. The van der Waals surface area contributed by atoms with Gasteiger partial charge in [-0.1, -0.05) is 54.6 Å². The standard InChI is InChI=1S/C26H28N4O/c1-4-30(5-2)24-17-22-21(28-26(29-22)20-14-10-9-11-18(20)3)16-23(24)27-25(31)15-19-12-7-6-8-13-19/h6-14,16-17H,4-5,15H2,1-3H3,(H,27,31)(H,28,29). The van der Waals surface area contributed by atoms with Gasteiger partial charge >= 0.3 is 0 Å². The number of amides is 1.